The van der Waals surface area contributed by atoms with Crippen molar-refractivity contribution in [3.05, 3.63) is 83.0 Å². The van der Waals surface area contributed by atoms with Gasteiger partial charge in [0, 0.05) is 16.7 Å². The van der Waals surface area contributed by atoms with Crippen LogP contribution in [0.25, 0.3) is 0 Å². The first-order chi connectivity index (χ1) is 13.7. The summed E-state index contributed by atoms with van der Waals surface area (Å²) in [5.74, 6) is -0.137. The second-order valence-electron chi connectivity index (χ2n) is 8.46. The van der Waals surface area contributed by atoms with Crippen molar-refractivity contribution in [3.63, 3.8) is 0 Å². The Morgan fingerprint density at radius 3 is 2.45 bits per heavy atom. The van der Waals surface area contributed by atoms with E-state index in [0.717, 1.165) is 16.2 Å². The highest BCUT2D eigenvalue weighted by atomic mass is 32.1. The standard InChI is InChI=1S/C26H33NOS/c1-19(11-16-24-21(3)10-7-17-26(24,4)5)8-6-9-20(2)18-25(28)27-22-12-14-23(29)15-13-22/h6,8-9,11-16,18,29H,7,10,17H2,1-5H3,(H,27,28). The molecule has 0 aromatic heterocycles. The lowest BCUT2D eigenvalue weighted by molar-refractivity contribution is -0.111. The van der Waals surface area contributed by atoms with E-state index in [0.29, 0.717) is 0 Å². The van der Waals surface area contributed by atoms with Gasteiger partial charge in [-0.1, -0.05) is 55.4 Å². The summed E-state index contributed by atoms with van der Waals surface area (Å²) in [7, 11) is 0. The lowest BCUT2D eigenvalue weighted by Gasteiger charge is -2.32. The number of anilines is 1. The van der Waals surface area contributed by atoms with E-state index >= 15 is 0 Å². The smallest absolute Gasteiger partial charge is 0.248 e. The fourth-order valence-electron chi connectivity index (χ4n) is 3.61. The van der Waals surface area contributed by atoms with Crippen LogP contribution in [-0.2, 0) is 4.79 Å². The second kappa shape index (κ2) is 10.5. The Labute approximate surface area is 181 Å². The predicted molar refractivity (Wildman–Crippen MR) is 128 cm³/mol. The molecule has 2 rings (SSSR count). The van der Waals surface area contributed by atoms with Crippen LogP contribution in [-0.4, -0.2) is 5.91 Å². The number of allylic oxidation sites excluding steroid dienone is 9. The van der Waals surface area contributed by atoms with Gasteiger partial charge in [-0.25, -0.2) is 0 Å². The molecule has 154 valence electrons. The van der Waals surface area contributed by atoms with Crippen molar-refractivity contribution in [1.82, 2.24) is 0 Å². The van der Waals surface area contributed by atoms with E-state index in [1.54, 1.807) is 6.08 Å². The normalized spacial score (nSPS) is 18.0. The van der Waals surface area contributed by atoms with Crippen molar-refractivity contribution in [2.45, 2.75) is 58.8 Å². The minimum Gasteiger partial charge on any atom is -0.323 e. The van der Waals surface area contributed by atoms with E-state index in [2.05, 4.69) is 63.9 Å². The number of carbonyl (C=O) groups excluding carboxylic acids is 1. The van der Waals surface area contributed by atoms with Gasteiger partial charge in [-0.2, -0.15) is 0 Å². The largest absolute Gasteiger partial charge is 0.323 e. The lowest BCUT2D eigenvalue weighted by atomic mass is 9.72. The van der Waals surface area contributed by atoms with Crippen LogP contribution in [0, 0.1) is 5.41 Å². The van der Waals surface area contributed by atoms with E-state index in [1.165, 1.54) is 36.0 Å². The molecule has 1 N–H and O–H groups in total. The summed E-state index contributed by atoms with van der Waals surface area (Å²) in [4.78, 5) is 13.0. The fraction of sp³-hybridized carbons (Fsp3) is 0.346. The molecule has 1 amide bonds. The Hall–Kier alpha value is -2.26. The molecule has 1 aliphatic rings. The molecule has 0 radical (unpaired) electrons. The summed E-state index contributed by atoms with van der Waals surface area (Å²) in [6.07, 6.45) is 15.8. The van der Waals surface area contributed by atoms with Crippen LogP contribution in [0.3, 0.4) is 0 Å². The van der Waals surface area contributed by atoms with E-state index in [-0.39, 0.29) is 11.3 Å². The van der Waals surface area contributed by atoms with Gasteiger partial charge in [0.05, 0.1) is 0 Å². The molecule has 1 aromatic rings. The Morgan fingerprint density at radius 1 is 1.10 bits per heavy atom. The van der Waals surface area contributed by atoms with Crippen molar-refractivity contribution < 1.29 is 4.79 Å². The van der Waals surface area contributed by atoms with Crippen LogP contribution in [0.1, 0.15) is 53.9 Å². The third-order valence-corrected chi connectivity index (χ3v) is 5.57. The molecular formula is C26H33NOS. The van der Waals surface area contributed by atoms with Gasteiger partial charge in [-0.3, -0.25) is 4.79 Å². The van der Waals surface area contributed by atoms with Gasteiger partial charge in [-0.15, -0.1) is 12.6 Å². The summed E-state index contributed by atoms with van der Waals surface area (Å²) in [5, 5.41) is 2.85. The predicted octanol–water partition coefficient (Wildman–Crippen LogP) is 7.45. The Balaban J connectivity index is 1.95. The number of amides is 1. The minimum absolute atomic E-state index is 0.137. The number of carbonyl (C=O) groups is 1. The first-order valence-electron chi connectivity index (χ1n) is 10.2. The number of hydrogen-bond donors (Lipinski definition) is 2. The molecule has 0 aliphatic heterocycles. The van der Waals surface area contributed by atoms with Gasteiger partial charge in [-0.05, 0) is 80.9 Å². The highest BCUT2D eigenvalue weighted by Gasteiger charge is 2.26. The molecule has 1 aromatic carbocycles. The van der Waals surface area contributed by atoms with Crippen molar-refractivity contribution in [2.75, 3.05) is 5.32 Å². The van der Waals surface area contributed by atoms with Gasteiger partial charge in [0.1, 0.15) is 0 Å². The number of rotatable bonds is 6. The van der Waals surface area contributed by atoms with Gasteiger partial charge in [0.25, 0.3) is 0 Å². The van der Waals surface area contributed by atoms with Crippen molar-refractivity contribution >= 4 is 24.2 Å². The highest BCUT2D eigenvalue weighted by Crippen LogP contribution is 2.40. The first-order valence-corrected chi connectivity index (χ1v) is 10.6. The van der Waals surface area contributed by atoms with E-state index < -0.39 is 0 Å². The van der Waals surface area contributed by atoms with Gasteiger partial charge < -0.3 is 5.32 Å². The Morgan fingerprint density at radius 2 is 1.79 bits per heavy atom. The monoisotopic (exact) mass is 407 g/mol. The van der Waals surface area contributed by atoms with Gasteiger partial charge >= 0.3 is 0 Å². The van der Waals surface area contributed by atoms with Crippen LogP contribution in [0.4, 0.5) is 5.69 Å². The quantitative estimate of drug-likeness (QED) is 0.286. The van der Waals surface area contributed by atoms with E-state index in [9.17, 15) is 4.79 Å². The van der Waals surface area contributed by atoms with Gasteiger partial charge in [0.2, 0.25) is 5.91 Å². The number of nitrogens with one attached hydrogen (secondary N) is 1. The van der Waals surface area contributed by atoms with Crippen molar-refractivity contribution in [2.24, 2.45) is 5.41 Å². The van der Waals surface area contributed by atoms with Crippen molar-refractivity contribution in [3.8, 4) is 0 Å². The summed E-state index contributed by atoms with van der Waals surface area (Å²) in [5.41, 5.74) is 6.08. The second-order valence-corrected chi connectivity index (χ2v) is 8.98. The molecule has 0 unspecified atom stereocenters. The maximum absolute atomic E-state index is 12.1. The van der Waals surface area contributed by atoms with Gasteiger partial charge in [0.15, 0.2) is 0 Å². The molecule has 0 atom stereocenters. The first kappa shape index (κ1) is 23.0. The molecule has 3 heteroatoms. The van der Waals surface area contributed by atoms with E-state index in [4.69, 9.17) is 0 Å². The molecule has 0 heterocycles. The van der Waals surface area contributed by atoms with Crippen LogP contribution < -0.4 is 5.32 Å². The molecule has 0 fully saturated rings. The van der Waals surface area contributed by atoms with Crippen LogP contribution in [0.5, 0.6) is 0 Å². The topological polar surface area (TPSA) is 29.1 Å². The average Bonchev–Trinajstić information content (AvgIpc) is 2.62. The molecular weight excluding hydrogens is 374 g/mol. The minimum atomic E-state index is -0.137. The molecule has 29 heavy (non-hydrogen) atoms. The molecule has 0 spiro atoms. The Kier molecular flexibility index (Phi) is 8.33. The summed E-state index contributed by atoms with van der Waals surface area (Å²) in [6, 6.07) is 7.37. The summed E-state index contributed by atoms with van der Waals surface area (Å²) >= 11 is 4.24. The Bertz CT molecular complexity index is 880. The molecule has 2 nitrogen and oxygen atoms in total. The van der Waals surface area contributed by atoms with Crippen molar-refractivity contribution in [1.29, 1.82) is 0 Å². The zero-order valence-electron chi connectivity index (χ0n) is 18.3. The summed E-state index contributed by atoms with van der Waals surface area (Å²) in [6.45, 7) is 10.9. The van der Waals surface area contributed by atoms with Crippen LogP contribution in [0.2, 0.25) is 0 Å². The van der Waals surface area contributed by atoms with E-state index in [1.807, 2.05) is 43.3 Å². The van der Waals surface area contributed by atoms with Crippen LogP contribution >= 0.6 is 12.6 Å². The average molecular weight is 408 g/mol. The fourth-order valence-corrected chi connectivity index (χ4v) is 3.76. The number of benzene rings is 1. The molecule has 1 aliphatic carbocycles. The maximum atomic E-state index is 12.1. The highest BCUT2D eigenvalue weighted by molar-refractivity contribution is 7.80. The SMILES string of the molecule is CC(C=CC1=C(C)CCCC1(C)C)=CC=CC(C)=CC(=O)Nc1ccc(S)cc1. The summed E-state index contributed by atoms with van der Waals surface area (Å²) < 4.78 is 0. The number of thiol groups is 1. The number of hydrogen-bond acceptors (Lipinski definition) is 2. The maximum Gasteiger partial charge on any atom is 0.248 e. The zero-order chi connectivity index (χ0) is 21.4. The molecule has 0 bridgehead atoms. The third-order valence-electron chi connectivity index (χ3n) is 5.27. The lowest BCUT2D eigenvalue weighted by Crippen LogP contribution is -2.19. The van der Waals surface area contributed by atoms with Crippen LogP contribution in [0.15, 0.2) is 87.9 Å². The third kappa shape index (κ3) is 7.58. The zero-order valence-corrected chi connectivity index (χ0v) is 19.1. The molecule has 0 saturated carbocycles. The molecule has 0 saturated heterocycles.